The topological polar surface area (TPSA) is 101 Å². The van der Waals surface area contributed by atoms with Gasteiger partial charge in [-0.15, -0.1) is 11.8 Å². The van der Waals surface area contributed by atoms with Gasteiger partial charge in [-0.1, -0.05) is 37.3 Å². The number of thioether (sulfide) groups is 1. The molecule has 1 heterocycles. The van der Waals surface area contributed by atoms with E-state index in [4.69, 9.17) is 9.47 Å². The molecule has 1 aromatic carbocycles. The van der Waals surface area contributed by atoms with Gasteiger partial charge in [-0.3, -0.25) is 0 Å². The van der Waals surface area contributed by atoms with Gasteiger partial charge >= 0.3 is 12.1 Å². The molecule has 8 nitrogen and oxygen atoms in total. The third-order valence-electron chi connectivity index (χ3n) is 4.07. The molecule has 1 aliphatic heterocycles. The van der Waals surface area contributed by atoms with Crippen molar-refractivity contribution in [1.29, 1.82) is 0 Å². The van der Waals surface area contributed by atoms with Crippen LogP contribution in [0, 0.1) is 0 Å². The standard InChI is InChI=1S/C20H30N4O4S/c1-4-29-18(23-24-19(25)21-12-15-8-6-5-7-9-15)17-11-10-16(13-27-17)22-20(26)28-14(2)3/h5-9,14,16-17H,4,10-13H2,1-3H3,(H,22,26)(H2,21,24,25)/b23-18-/t16-,17?/m1/s1. The highest BCUT2D eigenvalue weighted by Crippen LogP contribution is 2.20. The second-order valence-electron chi connectivity index (χ2n) is 6.86. The Hall–Kier alpha value is -2.26. The van der Waals surface area contributed by atoms with Crippen molar-refractivity contribution in [3.63, 3.8) is 0 Å². The zero-order valence-corrected chi connectivity index (χ0v) is 18.0. The summed E-state index contributed by atoms with van der Waals surface area (Å²) < 4.78 is 11.0. The number of carbonyl (C=O) groups excluding carboxylic acids is 2. The summed E-state index contributed by atoms with van der Waals surface area (Å²) >= 11 is 1.53. The number of hydrazone groups is 1. The lowest BCUT2D eigenvalue weighted by molar-refractivity contribution is 0.0331. The first-order valence-corrected chi connectivity index (χ1v) is 10.8. The normalized spacial score (nSPS) is 19.5. The second kappa shape index (κ2) is 12.3. The molecule has 1 fully saturated rings. The van der Waals surface area contributed by atoms with Crippen LogP contribution in [0.4, 0.5) is 9.59 Å². The smallest absolute Gasteiger partial charge is 0.407 e. The summed E-state index contributed by atoms with van der Waals surface area (Å²) in [5, 5.41) is 10.6. The fourth-order valence-corrected chi connectivity index (χ4v) is 3.52. The first kappa shape index (κ1) is 23.0. The van der Waals surface area contributed by atoms with Crippen LogP contribution in [0.2, 0.25) is 0 Å². The monoisotopic (exact) mass is 422 g/mol. The molecular weight excluding hydrogens is 392 g/mol. The second-order valence-corrected chi connectivity index (χ2v) is 8.14. The van der Waals surface area contributed by atoms with Crippen LogP contribution in [-0.4, -0.2) is 47.8 Å². The van der Waals surface area contributed by atoms with Crippen molar-refractivity contribution in [2.75, 3.05) is 12.4 Å². The van der Waals surface area contributed by atoms with E-state index in [1.165, 1.54) is 11.8 Å². The Kier molecular flexibility index (Phi) is 9.79. The van der Waals surface area contributed by atoms with Crippen molar-refractivity contribution in [3.8, 4) is 0 Å². The average molecular weight is 423 g/mol. The van der Waals surface area contributed by atoms with Crippen molar-refractivity contribution >= 4 is 28.9 Å². The van der Waals surface area contributed by atoms with E-state index in [-0.39, 0.29) is 24.3 Å². The third-order valence-corrected chi connectivity index (χ3v) is 5.01. The summed E-state index contributed by atoms with van der Waals surface area (Å²) in [4.78, 5) is 23.7. The molecule has 0 aliphatic carbocycles. The molecule has 1 saturated heterocycles. The van der Waals surface area contributed by atoms with Crippen molar-refractivity contribution in [2.45, 2.75) is 58.4 Å². The van der Waals surface area contributed by atoms with Crippen LogP contribution >= 0.6 is 11.8 Å². The summed E-state index contributed by atoms with van der Waals surface area (Å²) in [5.74, 6) is 0.814. The summed E-state index contributed by atoms with van der Waals surface area (Å²) in [7, 11) is 0. The first-order valence-electron chi connectivity index (χ1n) is 9.84. The van der Waals surface area contributed by atoms with Gasteiger partial charge in [-0.2, -0.15) is 5.10 Å². The molecule has 2 atom stereocenters. The number of hydrogen-bond donors (Lipinski definition) is 3. The van der Waals surface area contributed by atoms with E-state index in [0.29, 0.717) is 19.6 Å². The number of nitrogens with one attached hydrogen (secondary N) is 3. The molecule has 0 saturated carbocycles. The lowest BCUT2D eigenvalue weighted by Gasteiger charge is -2.29. The largest absolute Gasteiger partial charge is 0.447 e. The molecule has 0 bridgehead atoms. The number of alkyl carbamates (subject to hydrolysis) is 1. The molecule has 1 aromatic rings. The minimum absolute atomic E-state index is 0.0903. The van der Waals surface area contributed by atoms with E-state index >= 15 is 0 Å². The van der Waals surface area contributed by atoms with E-state index < -0.39 is 6.09 Å². The van der Waals surface area contributed by atoms with E-state index in [2.05, 4.69) is 21.2 Å². The van der Waals surface area contributed by atoms with Gasteiger partial charge in [0.25, 0.3) is 0 Å². The molecule has 9 heteroatoms. The maximum Gasteiger partial charge on any atom is 0.407 e. The third kappa shape index (κ3) is 8.74. The highest BCUT2D eigenvalue weighted by Gasteiger charge is 2.27. The minimum Gasteiger partial charge on any atom is -0.447 e. The predicted molar refractivity (Wildman–Crippen MR) is 115 cm³/mol. The van der Waals surface area contributed by atoms with E-state index in [1.807, 2.05) is 37.3 Å². The van der Waals surface area contributed by atoms with Gasteiger partial charge < -0.3 is 20.1 Å². The van der Waals surface area contributed by atoms with Crippen molar-refractivity contribution in [1.82, 2.24) is 16.1 Å². The van der Waals surface area contributed by atoms with Crippen LogP contribution in [0.15, 0.2) is 35.4 Å². The number of rotatable bonds is 7. The SMILES string of the molecule is CCS/C(=N\NC(=O)NCc1ccccc1)C1CC[C@@H](NC(=O)OC(C)C)CO1. The van der Waals surface area contributed by atoms with Crippen molar-refractivity contribution in [2.24, 2.45) is 5.10 Å². The quantitative estimate of drug-likeness (QED) is 0.356. The zero-order chi connectivity index (χ0) is 21.1. The van der Waals surface area contributed by atoms with E-state index in [9.17, 15) is 9.59 Å². The zero-order valence-electron chi connectivity index (χ0n) is 17.1. The fourth-order valence-electron chi connectivity index (χ4n) is 2.74. The number of hydrogen-bond acceptors (Lipinski definition) is 6. The molecule has 2 rings (SSSR count). The Morgan fingerprint density at radius 3 is 2.66 bits per heavy atom. The summed E-state index contributed by atoms with van der Waals surface area (Å²) in [6.45, 7) is 6.44. The maximum atomic E-state index is 12.0. The van der Waals surface area contributed by atoms with Gasteiger partial charge in [-0.05, 0) is 38.0 Å². The minimum atomic E-state index is -0.430. The van der Waals surface area contributed by atoms with Crippen molar-refractivity contribution in [3.05, 3.63) is 35.9 Å². The molecule has 3 amide bonds. The van der Waals surface area contributed by atoms with Crippen LogP contribution in [0.5, 0.6) is 0 Å². The molecule has 0 radical (unpaired) electrons. The number of nitrogens with zero attached hydrogens (tertiary/aromatic N) is 1. The van der Waals surface area contributed by atoms with Crippen LogP contribution in [-0.2, 0) is 16.0 Å². The highest BCUT2D eigenvalue weighted by molar-refractivity contribution is 8.14. The van der Waals surface area contributed by atoms with Crippen LogP contribution < -0.4 is 16.1 Å². The number of amides is 3. The Morgan fingerprint density at radius 1 is 1.28 bits per heavy atom. The van der Waals surface area contributed by atoms with Crippen molar-refractivity contribution < 1.29 is 19.1 Å². The van der Waals surface area contributed by atoms with Gasteiger partial charge in [-0.25, -0.2) is 15.0 Å². The molecular formula is C20H30N4O4S. The van der Waals surface area contributed by atoms with Gasteiger partial charge in [0, 0.05) is 6.54 Å². The molecule has 160 valence electrons. The Morgan fingerprint density at radius 2 is 2.03 bits per heavy atom. The molecule has 3 N–H and O–H groups in total. The fraction of sp³-hybridized carbons (Fsp3) is 0.550. The van der Waals surface area contributed by atoms with Crippen LogP contribution in [0.25, 0.3) is 0 Å². The van der Waals surface area contributed by atoms with E-state index in [0.717, 1.165) is 22.8 Å². The van der Waals surface area contributed by atoms with Crippen LogP contribution in [0.3, 0.4) is 0 Å². The Labute approximate surface area is 176 Å². The van der Waals surface area contributed by atoms with Crippen LogP contribution in [0.1, 0.15) is 39.2 Å². The van der Waals surface area contributed by atoms with Gasteiger partial charge in [0.05, 0.1) is 18.8 Å². The summed E-state index contributed by atoms with van der Waals surface area (Å²) in [5.41, 5.74) is 3.56. The summed E-state index contributed by atoms with van der Waals surface area (Å²) in [6, 6.07) is 9.21. The molecule has 0 aromatic heterocycles. The van der Waals surface area contributed by atoms with Gasteiger partial charge in [0.1, 0.15) is 11.1 Å². The Bertz CT molecular complexity index is 676. The molecule has 1 aliphatic rings. The summed E-state index contributed by atoms with van der Waals surface area (Å²) in [6.07, 6.45) is 0.660. The number of urea groups is 1. The van der Waals surface area contributed by atoms with Gasteiger partial charge in [0.15, 0.2) is 0 Å². The Balaban J connectivity index is 1.79. The molecule has 0 spiro atoms. The molecule has 1 unspecified atom stereocenters. The average Bonchev–Trinajstić information content (AvgIpc) is 2.70. The maximum absolute atomic E-state index is 12.0. The molecule has 29 heavy (non-hydrogen) atoms. The van der Waals surface area contributed by atoms with E-state index in [1.54, 1.807) is 13.8 Å². The first-order chi connectivity index (χ1) is 14.0. The predicted octanol–water partition coefficient (Wildman–Crippen LogP) is 3.23. The lowest BCUT2D eigenvalue weighted by Crippen LogP contribution is -2.45. The number of ether oxygens (including phenoxy) is 2. The number of carbonyl (C=O) groups is 2. The van der Waals surface area contributed by atoms with Gasteiger partial charge in [0.2, 0.25) is 0 Å². The number of benzene rings is 1. The lowest BCUT2D eigenvalue weighted by atomic mass is 10.1. The highest BCUT2D eigenvalue weighted by atomic mass is 32.2.